The van der Waals surface area contributed by atoms with Crippen LogP contribution >= 0.6 is 0 Å². The second kappa shape index (κ2) is 7.01. The molecule has 0 amide bonds. The number of rotatable bonds is 6. The molecule has 0 aliphatic heterocycles. The van der Waals surface area contributed by atoms with E-state index in [2.05, 4.69) is 0 Å². The molecule has 0 saturated carbocycles. The number of unbranched alkanes of at least 4 members (excludes halogenated alkanes) is 1. The maximum atomic E-state index is 11.5. The highest BCUT2D eigenvalue weighted by molar-refractivity contribution is 5.89. The smallest absolute Gasteiger partial charge is 0.338 e. The minimum Gasteiger partial charge on any atom is -0.462 e. The van der Waals surface area contributed by atoms with Crippen molar-refractivity contribution in [2.45, 2.75) is 32.3 Å². The lowest BCUT2D eigenvalue weighted by Crippen LogP contribution is -2.07. The molecule has 0 aromatic heterocycles. The fourth-order valence-corrected chi connectivity index (χ4v) is 1.36. The summed E-state index contributed by atoms with van der Waals surface area (Å²) in [5, 5.41) is 9.03. The molecule has 1 rings (SSSR count). The van der Waals surface area contributed by atoms with E-state index < -0.39 is 0 Å². The van der Waals surface area contributed by atoms with Crippen molar-refractivity contribution in [1.82, 2.24) is 0 Å². The zero-order chi connectivity index (χ0) is 11.8. The molecule has 0 saturated heterocycles. The Bertz CT molecular complexity index is 306. The molecule has 3 nitrogen and oxygen atoms in total. The number of hydrogen-bond donors (Lipinski definition) is 1. The minimum absolute atomic E-state index is 0.273. The maximum Gasteiger partial charge on any atom is 0.338 e. The van der Waals surface area contributed by atoms with Crippen molar-refractivity contribution in [3.05, 3.63) is 35.9 Å². The van der Waals surface area contributed by atoms with Gasteiger partial charge in [0, 0.05) is 0 Å². The topological polar surface area (TPSA) is 46.5 Å². The predicted octanol–water partition coefficient (Wildman–Crippen LogP) is 2.39. The Hall–Kier alpha value is -1.35. The molecule has 0 spiro atoms. The van der Waals surface area contributed by atoms with Gasteiger partial charge in [0.05, 0.1) is 18.3 Å². The van der Waals surface area contributed by atoms with E-state index in [-0.39, 0.29) is 12.1 Å². The van der Waals surface area contributed by atoms with Gasteiger partial charge in [-0.3, -0.25) is 0 Å². The Labute approximate surface area is 96.1 Å². The van der Waals surface area contributed by atoms with Crippen molar-refractivity contribution in [2.75, 3.05) is 6.61 Å². The summed E-state index contributed by atoms with van der Waals surface area (Å²) in [6.07, 6.45) is 2.15. The highest BCUT2D eigenvalue weighted by Gasteiger charge is 2.05. The second-order valence-electron chi connectivity index (χ2n) is 3.85. The summed E-state index contributed by atoms with van der Waals surface area (Å²) in [4.78, 5) is 11.5. The van der Waals surface area contributed by atoms with Crippen molar-refractivity contribution >= 4 is 5.97 Å². The van der Waals surface area contributed by atoms with Gasteiger partial charge in [-0.15, -0.1) is 0 Å². The van der Waals surface area contributed by atoms with Crippen LogP contribution in [0.1, 0.15) is 36.5 Å². The standard InChI is InChI=1S/C13H18O3/c1-11(14)7-5-6-10-16-13(15)12-8-3-2-4-9-12/h2-4,8-9,11,14H,5-7,10H2,1H3/t11-/m1/s1. The van der Waals surface area contributed by atoms with Crippen LogP contribution in [0.5, 0.6) is 0 Å². The van der Waals surface area contributed by atoms with E-state index in [9.17, 15) is 4.79 Å². The summed E-state index contributed by atoms with van der Waals surface area (Å²) in [6.45, 7) is 2.18. The normalized spacial score (nSPS) is 12.1. The van der Waals surface area contributed by atoms with Gasteiger partial charge in [-0.2, -0.15) is 0 Å². The minimum atomic E-state index is -0.280. The van der Waals surface area contributed by atoms with Gasteiger partial charge in [0.15, 0.2) is 0 Å². The van der Waals surface area contributed by atoms with Crippen LogP contribution in [0.3, 0.4) is 0 Å². The average molecular weight is 222 g/mol. The van der Waals surface area contributed by atoms with E-state index in [1.54, 1.807) is 19.1 Å². The first-order chi connectivity index (χ1) is 7.70. The summed E-state index contributed by atoms with van der Waals surface area (Å²) in [5.74, 6) is -0.280. The molecule has 1 aromatic rings. The predicted molar refractivity (Wildman–Crippen MR) is 62.3 cm³/mol. The van der Waals surface area contributed by atoms with Gasteiger partial charge in [0.1, 0.15) is 0 Å². The Morgan fingerprint density at radius 1 is 1.31 bits per heavy atom. The van der Waals surface area contributed by atoms with E-state index in [0.717, 1.165) is 19.3 Å². The third-order valence-corrected chi connectivity index (χ3v) is 2.26. The van der Waals surface area contributed by atoms with Gasteiger partial charge in [-0.25, -0.2) is 4.79 Å². The van der Waals surface area contributed by atoms with Gasteiger partial charge in [-0.1, -0.05) is 18.2 Å². The van der Waals surface area contributed by atoms with E-state index >= 15 is 0 Å². The molecule has 16 heavy (non-hydrogen) atoms. The van der Waals surface area contributed by atoms with Crippen molar-refractivity contribution in [2.24, 2.45) is 0 Å². The number of carbonyl (C=O) groups excluding carboxylic acids is 1. The first kappa shape index (κ1) is 12.7. The molecule has 0 radical (unpaired) electrons. The molecule has 3 heteroatoms. The molecular formula is C13H18O3. The number of carbonyl (C=O) groups is 1. The molecule has 88 valence electrons. The number of benzene rings is 1. The lowest BCUT2D eigenvalue weighted by atomic mass is 10.2. The lowest BCUT2D eigenvalue weighted by molar-refractivity contribution is 0.0494. The van der Waals surface area contributed by atoms with Crippen LogP contribution in [0, 0.1) is 0 Å². The first-order valence-corrected chi connectivity index (χ1v) is 5.60. The van der Waals surface area contributed by atoms with E-state index in [4.69, 9.17) is 9.84 Å². The number of aliphatic hydroxyl groups excluding tert-OH is 1. The number of hydrogen-bond acceptors (Lipinski definition) is 3. The summed E-state index contributed by atoms with van der Waals surface area (Å²) < 4.78 is 5.09. The van der Waals surface area contributed by atoms with Gasteiger partial charge in [0.25, 0.3) is 0 Å². The van der Waals surface area contributed by atoms with Crippen molar-refractivity contribution in [3.8, 4) is 0 Å². The summed E-state index contributed by atoms with van der Waals surface area (Å²) >= 11 is 0. The molecule has 1 aromatic carbocycles. The van der Waals surface area contributed by atoms with Gasteiger partial charge in [-0.05, 0) is 38.3 Å². The Morgan fingerprint density at radius 2 is 2.00 bits per heavy atom. The zero-order valence-electron chi connectivity index (χ0n) is 9.56. The van der Waals surface area contributed by atoms with E-state index in [1.807, 2.05) is 18.2 Å². The van der Waals surface area contributed by atoms with Crippen LogP contribution in [0.4, 0.5) is 0 Å². The highest BCUT2D eigenvalue weighted by atomic mass is 16.5. The third kappa shape index (κ3) is 4.94. The monoisotopic (exact) mass is 222 g/mol. The molecule has 1 N–H and O–H groups in total. The Kier molecular flexibility index (Phi) is 5.57. The zero-order valence-corrected chi connectivity index (χ0v) is 9.56. The van der Waals surface area contributed by atoms with Crippen LogP contribution in [-0.4, -0.2) is 23.8 Å². The van der Waals surface area contributed by atoms with Gasteiger partial charge < -0.3 is 9.84 Å². The average Bonchev–Trinajstić information content (AvgIpc) is 2.29. The maximum absolute atomic E-state index is 11.5. The molecule has 1 atom stereocenters. The van der Waals surface area contributed by atoms with Gasteiger partial charge >= 0.3 is 5.97 Å². The van der Waals surface area contributed by atoms with Crippen molar-refractivity contribution < 1.29 is 14.6 Å². The summed E-state index contributed by atoms with van der Waals surface area (Å²) in [5.41, 5.74) is 0.582. The summed E-state index contributed by atoms with van der Waals surface area (Å²) in [6, 6.07) is 8.95. The SMILES string of the molecule is C[C@@H](O)CCCCOC(=O)c1ccccc1. The van der Waals surface area contributed by atoms with Crippen LogP contribution in [0.2, 0.25) is 0 Å². The number of ether oxygens (including phenoxy) is 1. The van der Waals surface area contributed by atoms with Crippen LogP contribution < -0.4 is 0 Å². The summed E-state index contributed by atoms with van der Waals surface area (Å²) in [7, 11) is 0. The van der Waals surface area contributed by atoms with E-state index in [0.29, 0.717) is 12.2 Å². The lowest BCUT2D eigenvalue weighted by Gasteiger charge is -2.05. The Morgan fingerprint density at radius 3 is 2.62 bits per heavy atom. The van der Waals surface area contributed by atoms with Crippen LogP contribution in [0.15, 0.2) is 30.3 Å². The quantitative estimate of drug-likeness (QED) is 0.594. The highest BCUT2D eigenvalue weighted by Crippen LogP contribution is 2.04. The molecule has 0 unspecified atom stereocenters. The number of esters is 1. The largest absolute Gasteiger partial charge is 0.462 e. The second-order valence-corrected chi connectivity index (χ2v) is 3.85. The molecule has 0 aliphatic carbocycles. The fraction of sp³-hybridized carbons (Fsp3) is 0.462. The molecule has 0 fully saturated rings. The van der Waals surface area contributed by atoms with Crippen LogP contribution in [-0.2, 0) is 4.74 Å². The van der Waals surface area contributed by atoms with Crippen LogP contribution in [0.25, 0.3) is 0 Å². The van der Waals surface area contributed by atoms with E-state index in [1.165, 1.54) is 0 Å². The fourth-order valence-electron chi connectivity index (χ4n) is 1.36. The third-order valence-electron chi connectivity index (χ3n) is 2.26. The van der Waals surface area contributed by atoms with Crippen molar-refractivity contribution in [3.63, 3.8) is 0 Å². The number of aliphatic hydroxyl groups is 1. The first-order valence-electron chi connectivity index (χ1n) is 5.60. The van der Waals surface area contributed by atoms with Crippen molar-refractivity contribution in [1.29, 1.82) is 0 Å². The molecule has 0 aliphatic rings. The Balaban J connectivity index is 2.16. The molecular weight excluding hydrogens is 204 g/mol. The molecule has 0 bridgehead atoms. The molecule has 0 heterocycles. The van der Waals surface area contributed by atoms with Gasteiger partial charge in [0.2, 0.25) is 0 Å².